The number of fused-ring (bicyclic) bond motifs is 1. The molecule has 126 valence electrons. The summed E-state index contributed by atoms with van der Waals surface area (Å²) in [5.74, 6) is 1.79. The number of aryl methyl sites for hydroxylation is 2. The fourth-order valence-corrected chi connectivity index (χ4v) is 3.47. The summed E-state index contributed by atoms with van der Waals surface area (Å²) in [5.41, 5.74) is 5.44. The van der Waals surface area contributed by atoms with E-state index in [0.717, 1.165) is 46.0 Å². The van der Waals surface area contributed by atoms with Gasteiger partial charge in [-0.15, -0.1) is 11.8 Å². The van der Waals surface area contributed by atoms with Crippen molar-refractivity contribution in [1.82, 2.24) is 15.2 Å². The van der Waals surface area contributed by atoms with Gasteiger partial charge in [0.15, 0.2) is 5.82 Å². The van der Waals surface area contributed by atoms with E-state index >= 15 is 0 Å². The molecule has 0 radical (unpaired) electrons. The molecule has 0 aliphatic heterocycles. The smallest absolute Gasteiger partial charge is 0.155 e. The van der Waals surface area contributed by atoms with Crippen LogP contribution in [0.1, 0.15) is 16.8 Å². The number of methoxy groups -OCH3 is 1. The molecule has 2 aromatic heterocycles. The Bertz CT molecular complexity index is 860. The number of hydrogen-bond acceptors (Lipinski definition) is 5. The second-order valence-electron chi connectivity index (χ2n) is 5.78. The molecule has 3 rings (SSSR count). The Morgan fingerprint density at radius 2 is 2.08 bits per heavy atom. The van der Waals surface area contributed by atoms with Gasteiger partial charge in [0, 0.05) is 40.6 Å². The number of thioether (sulfide) groups is 1. The maximum absolute atomic E-state index is 5.15. The topological polar surface area (TPSA) is 62.8 Å². The van der Waals surface area contributed by atoms with Gasteiger partial charge in [-0.1, -0.05) is 0 Å². The molecule has 0 aliphatic rings. The number of nitrogens with one attached hydrogen (secondary N) is 2. The molecule has 0 amide bonds. The van der Waals surface area contributed by atoms with Crippen LogP contribution in [0.2, 0.25) is 0 Å². The molecule has 1 aromatic carbocycles. The first-order valence-corrected chi connectivity index (χ1v) is 8.88. The van der Waals surface area contributed by atoms with Crippen molar-refractivity contribution >= 4 is 34.2 Å². The van der Waals surface area contributed by atoms with Gasteiger partial charge < -0.3 is 10.1 Å². The van der Waals surface area contributed by atoms with Crippen LogP contribution in [0.3, 0.4) is 0 Å². The Morgan fingerprint density at radius 1 is 1.25 bits per heavy atom. The highest BCUT2D eigenvalue weighted by atomic mass is 32.2. The lowest BCUT2D eigenvalue weighted by Crippen LogP contribution is -1.96. The molecule has 0 fully saturated rings. The van der Waals surface area contributed by atoms with Crippen LogP contribution < -0.4 is 5.32 Å². The number of hydrogen-bond donors (Lipinski definition) is 2. The number of rotatable bonds is 6. The molecule has 0 saturated carbocycles. The Balaban J connectivity index is 1.98. The van der Waals surface area contributed by atoms with Crippen LogP contribution in [0, 0.1) is 20.8 Å². The van der Waals surface area contributed by atoms with E-state index in [4.69, 9.17) is 4.74 Å². The standard InChI is InChI=1S/C18H22N4OS/c1-11-9-16-14(10-17(11)24-8-7-23-4)15(5-6-19-16)20-18-12(2)13(3)21-22-18/h5-6,9-10H,7-8H2,1-4H3,(H2,19,20,21,22). The second-order valence-corrected chi connectivity index (χ2v) is 6.92. The summed E-state index contributed by atoms with van der Waals surface area (Å²) >= 11 is 1.81. The van der Waals surface area contributed by atoms with Gasteiger partial charge in [-0.3, -0.25) is 10.1 Å². The zero-order chi connectivity index (χ0) is 17.1. The van der Waals surface area contributed by atoms with Crippen LogP contribution in [0.5, 0.6) is 0 Å². The van der Waals surface area contributed by atoms with Crippen LogP contribution in [0.4, 0.5) is 11.5 Å². The first-order chi connectivity index (χ1) is 11.6. The number of H-pyrrole nitrogens is 1. The van der Waals surface area contributed by atoms with E-state index < -0.39 is 0 Å². The second kappa shape index (κ2) is 7.23. The van der Waals surface area contributed by atoms with Gasteiger partial charge in [0.1, 0.15) is 0 Å². The Kier molecular flexibility index (Phi) is 5.06. The van der Waals surface area contributed by atoms with Gasteiger partial charge in [-0.2, -0.15) is 5.10 Å². The van der Waals surface area contributed by atoms with Gasteiger partial charge in [0.25, 0.3) is 0 Å². The molecule has 3 aromatic rings. The van der Waals surface area contributed by atoms with Crippen molar-refractivity contribution in [3.63, 3.8) is 0 Å². The summed E-state index contributed by atoms with van der Waals surface area (Å²) in [7, 11) is 1.73. The van der Waals surface area contributed by atoms with Crippen molar-refractivity contribution in [1.29, 1.82) is 0 Å². The molecule has 0 aliphatic carbocycles. The molecule has 24 heavy (non-hydrogen) atoms. The van der Waals surface area contributed by atoms with Crippen molar-refractivity contribution in [2.45, 2.75) is 25.7 Å². The third-order valence-corrected chi connectivity index (χ3v) is 5.21. The maximum atomic E-state index is 5.15. The maximum Gasteiger partial charge on any atom is 0.155 e. The summed E-state index contributed by atoms with van der Waals surface area (Å²) in [6.45, 7) is 6.94. The summed E-state index contributed by atoms with van der Waals surface area (Å²) in [4.78, 5) is 5.76. The minimum atomic E-state index is 0.742. The van der Waals surface area contributed by atoms with E-state index in [-0.39, 0.29) is 0 Å². The number of ether oxygens (including phenoxy) is 1. The van der Waals surface area contributed by atoms with E-state index in [1.54, 1.807) is 18.9 Å². The molecule has 0 atom stereocenters. The highest BCUT2D eigenvalue weighted by molar-refractivity contribution is 7.99. The number of aromatic amines is 1. The largest absolute Gasteiger partial charge is 0.384 e. The lowest BCUT2D eigenvalue weighted by molar-refractivity contribution is 0.218. The molecule has 6 heteroatoms. The van der Waals surface area contributed by atoms with Crippen LogP contribution in [0.25, 0.3) is 10.9 Å². The zero-order valence-electron chi connectivity index (χ0n) is 14.4. The van der Waals surface area contributed by atoms with Crippen molar-refractivity contribution < 1.29 is 4.74 Å². The average molecular weight is 342 g/mol. The minimum absolute atomic E-state index is 0.742. The molecule has 0 bridgehead atoms. The van der Waals surface area contributed by atoms with Crippen LogP contribution >= 0.6 is 11.8 Å². The highest BCUT2D eigenvalue weighted by Gasteiger charge is 2.10. The minimum Gasteiger partial charge on any atom is -0.384 e. The predicted octanol–water partition coefficient (Wildman–Crippen LogP) is 4.37. The van der Waals surface area contributed by atoms with Crippen molar-refractivity contribution in [3.05, 3.63) is 41.2 Å². The lowest BCUT2D eigenvalue weighted by atomic mass is 10.1. The summed E-state index contributed by atoms with van der Waals surface area (Å²) < 4.78 is 5.15. The highest BCUT2D eigenvalue weighted by Crippen LogP contribution is 2.32. The van der Waals surface area contributed by atoms with Crippen molar-refractivity contribution in [2.24, 2.45) is 0 Å². The van der Waals surface area contributed by atoms with E-state index in [1.807, 2.05) is 19.2 Å². The predicted molar refractivity (Wildman–Crippen MR) is 100 cm³/mol. The number of pyridine rings is 1. The number of aromatic nitrogens is 3. The van der Waals surface area contributed by atoms with Gasteiger partial charge in [-0.05, 0) is 44.5 Å². The molecule has 5 nitrogen and oxygen atoms in total. The summed E-state index contributed by atoms with van der Waals surface area (Å²) in [6.07, 6.45) is 1.83. The third-order valence-electron chi connectivity index (χ3n) is 4.09. The first-order valence-electron chi connectivity index (χ1n) is 7.90. The Morgan fingerprint density at radius 3 is 2.79 bits per heavy atom. The molecular weight excluding hydrogens is 320 g/mol. The van der Waals surface area contributed by atoms with E-state index in [9.17, 15) is 0 Å². The van der Waals surface area contributed by atoms with E-state index in [1.165, 1.54) is 10.5 Å². The number of benzene rings is 1. The Hall–Kier alpha value is -2.05. The quantitative estimate of drug-likeness (QED) is 0.514. The molecule has 0 spiro atoms. The van der Waals surface area contributed by atoms with Crippen LogP contribution in [0.15, 0.2) is 29.3 Å². The lowest BCUT2D eigenvalue weighted by Gasteiger charge is -2.12. The zero-order valence-corrected chi connectivity index (χ0v) is 15.3. The van der Waals surface area contributed by atoms with Crippen molar-refractivity contribution in [2.75, 3.05) is 24.8 Å². The molecule has 2 N–H and O–H groups in total. The van der Waals surface area contributed by atoms with Gasteiger partial charge >= 0.3 is 0 Å². The summed E-state index contributed by atoms with van der Waals surface area (Å²) in [6, 6.07) is 6.33. The first kappa shape index (κ1) is 16.8. The fraction of sp³-hybridized carbons (Fsp3) is 0.333. The summed E-state index contributed by atoms with van der Waals surface area (Å²) in [5, 5.41) is 11.9. The van der Waals surface area contributed by atoms with Crippen molar-refractivity contribution in [3.8, 4) is 0 Å². The molecule has 0 unspecified atom stereocenters. The van der Waals surface area contributed by atoms with Gasteiger partial charge in [0.05, 0.1) is 17.8 Å². The number of anilines is 2. The molecular formula is C18H22N4OS. The van der Waals surface area contributed by atoms with Crippen LogP contribution in [-0.2, 0) is 4.74 Å². The molecule has 2 heterocycles. The fourth-order valence-electron chi connectivity index (χ4n) is 2.51. The van der Waals surface area contributed by atoms with Crippen LogP contribution in [-0.4, -0.2) is 34.7 Å². The SMILES string of the molecule is COCCSc1cc2c(Nc3n[nH]c(C)c3C)ccnc2cc1C. The molecule has 0 saturated heterocycles. The number of nitrogens with zero attached hydrogens (tertiary/aromatic N) is 2. The third kappa shape index (κ3) is 3.39. The van der Waals surface area contributed by atoms with E-state index in [0.29, 0.717) is 0 Å². The van der Waals surface area contributed by atoms with E-state index in [2.05, 4.69) is 46.5 Å². The normalized spacial score (nSPS) is 11.2. The Labute approximate surface area is 146 Å². The van der Waals surface area contributed by atoms with Gasteiger partial charge in [-0.25, -0.2) is 0 Å². The van der Waals surface area contributed by atoms with Gasteiger partial charge in [0.2, 0.25) is 0 Å². The monoisotopic (exact) mass is 342 g/mol. The average Bonchev–Trinajstić information content (AvgIpc) is 2.88.